The minimum absolute atomic E-state index is 1.31. The Morgan fingerprint density at radius 1 is 1.00 bits per heavy atom. The molecule has 3 rings (SSSR count). The van der Waals surface area contributed by atoms with Gasteiger partial charge < -0.3 is 0 Å². The van der Waals surface area contributed by atoms with Crippen molar-refractivity contribution < 1.29 is 0 Å². The lowest BCUT2D eigenvalue weighted by atomic mass is 10.1. The van der Waals surface area contributed by atoms with E-state index < -0.39 is 0 Å². The highest BCUT2D eigenvalue weighted by atomic mass is 32.1. The molecular formula is C13H10S. The smallest absolute Gasteiger partial charge is 0.0355 e. The van der Waals surface area contributed by atoms with Gasteiger partial charge in [-0.15, -0.1) is 11.3 Å². The van der Waals surface area contributed by atoms with Crippen LogP contribution in [0.5, 0.6) is 0 Å². The van der Waals surface area contributed by atoms with Crippen LogP contribution in [0.15, 0.2) is 41.8 Å². The predicted molar refractivity (Wildman–Crippen MR) is 63.2 cm³/mol. The third-order valence-electron chi connectivity index (χ3n) is 2.62. The van der Waals surface area contributed by atoms with Gasteiger partial charge in [0.2, 0.25) is 0 Å². The first kappa shape index (κ1) is 8.01. The minimum atomic E-state index is 1.31. The lowest BCUT2D eigenvalue weighted by Crippen LogP contribution is -1.63. The van der Waals surface area contributed by atoms with Gasteiger partial charge in [0.15, 0.2) is 0 Å². The summed E-state index contributed by atoms with van der Waals surface area (Å²) in [4.78, 5) is 0. The number of thiophene rings is 1. The Morgan fingerprint density at radius 3 is 2.79 bits per heavy atom. The molecule has 0 amide bonds. The molecule has 14 heavy (non-hydrogen) atoms. The molecule has 1 aromatic rings. The molecule has 0 bridgehead atoms. The number of aryl methyl sites for hydroxylation is 1. The molecule has 68 valence electrons. The molecule has 0 saturated heterocycles. The van der Waals surface area contributed by atoms with E-state index in [0.29, 0.717) is 0 Å². The van der Waals surface area contributed by atoms with Crippen LogP contribution >= 0.6 is 11.3 Å². The Kier molecular flexibility index (Phi) is 1.62. The molecule has 0 aliphatic heterocycles. The fraction of sp³-hybridized carbons (Fsp3) is 0.0769. The first-order valence-electron chi connectivity index (χ1n) is 4.71. The maximum atomic E-state index is 2.27. The van der Waals surface area contributed by atoms with Crippen LogP contribution in [0.4, 0.5) is 0 Å². The quantitative estimate of drug-likeness (QED) is 0.505. The summed E-state index contributed by atoms with van der Waals surface area (Å²) in [6.45, 7) is 2.13. The number of fused-ring (bicyclic) bond motifs is 3. The topological polar surface area (TPSA) is 0 Å². The molecule has 1 heteroatoms. The van der Waals surface area contributed by atoms with E-state index in [1.165, 1.54) is 26.8 Å². The molecule has 0 fully saturated rings. The third-order valence-corrected chi connectivity index (χ3v) is 3.49. The molecule has 0 spiro atoms. The molecule has 1 aromatic heterocycles. The second-order valence-electron chi connectivity index (χ2n) is 3.62. The monoisotopic (exact) mass is 198 g/mol. The number of hydrogen-bond acceptors (Lipinski definition) is 1. The van der Waals surface area contributed by atoms with Crippen molar-refractivity contribution in [2.24, 2.45) is 0 Å². The van der Waals surface area contributed by atoms with Gasteiger partial charge in [0.1, 0.15) is 0 Å². The van der Waals surface area contributed by atoms with E-state index >= 15 is 0 Å². The second-order valence-corrected chi connectivity index (χ2v) is 4.57. The zero-order chi connectivity index (χ0) is 9.54. The molecule has 0 saturated carbocycles. The Labute approximate surface area is 87.2 Å². The molecule has 0 aromatic carbocycles. The van der Waals surface area contributed by atoms with Gasteiger partial charge in [-0.25, -0.2) is 0 Å². The summed E-state index contributed by atoms with van der Waals surface area (Å²) in [7, 11) is 0. The lowest BCUT2D eigenvalue weighted by molar-refractivity contribution is 1.52. The summed E-state index contributed by atoms with van der Waals surface area (Å²) in [6, 6.07) is 13.3. The first-order valence-corrected chi connectivity index (χ1v) is 5.59. The SMILES string of the molecule is Cc1ccc2cc3sccc3c-2cc1. The average Bonchev–Trinajstić information content (AvgIpc) is 2.67. The highest BCUT2D eigenvalue weighted by molar-refractivity contribution is 7.17. The summed E-state index contributed by atoms with van der Waals surface area (Å²) in [5.74, 6) is 0. The van der Waals surface area contributed by atoms with Crippen molar-refractivity contribution >= 4 is 21.4 Å². The molecule has 2 aliphatic carbocycles. The van der Waals surface area contributed by atoms with E-state index in [9.17, 15) is 0 Å². The minimum Gasteiger partial charge on any atom is -0.144 e. The predicted octanol–water partition coefficient (Wildman–Crippen LogP) is 4.31. The standard InChI is InChI=1S/C13H10S/c1-9-2-4-10-8-13-12(6-7-14-13)11(10)5-3-9/h2-8H,1H3. The van der Waals surface area contributed by atoms with Crippen molar-refractivity contribution in [2.45, 2.75) is 6.92 Å². The molecule has 1 heterocycles. The molecule has 0 radical (unpaired) electrons. The average molecular weight is 198 g/mol. The highest BCUT2D eigenvalue weighted by Gasteiger charge is 2.08. The zero-order valence-corrected chi connectivity index (χ0v) is 8.77. The number of rotatable bonds is 0. The first-order chi connectivity index (χ1) is 6.84. The van der Waals surface area contributed by atoms with Gasteiger partial charge in [-0.2, -0.15) is 0 Å². The molecule has 0 nitrogen and oxygen atoms in total. The third kappa shape index (κ3) is 1.06. The lowest BCUT2D eigenvalue weighted by Gasteiger charge is -1.89. The van der Waals surface area contributed by atoms with Crippen LogP contribution in [-0.4, -0.2) is 0 Å². The molecular weight excluding hydrogens is 188 g/mol. The molecule has 0 N–H and O–H groups in total. The van der Waals surface area contributed by atoms with Crippen LogP contribution < -0.4 is 0 Å². The van der Waals surface area contributed by atoms with Gasteiger partial charge >= 0.3 is 0 Å². The maximum absolute atomic E-state index is 2.27. The van der Waals surface area contributed by atoms with Crippen LogP contribution in [0.1, 0.15) is 5.56 Å². The van der Waals surface area contributed by atoms with E-state index in [1.54, 1.807) is 0 Å². The fourth-order valence-electron chi connectivity index (χ4n) is 1.85. The van der Waals surface area contributed by atoms with Gasteiger partial charge in [0.05, 0.1) is 0 Å². The van der Waals surface area contributed by atoms with E-state index in [0.717, 1.165) is 0 Å². The second kappa shape index (κ2) is 2.82. The Bertz CT molecular complexity index is 563. The van der Waals surface area contributed by atoms with Crippen molar-refractivity contribution in [1.82, 2.24) is 0 Å². The van der Waals surface area contributed by atoms with E-state index in [1.807, 2.05) is 11.3 Å². The van der Waals surface area contributed by atoms with Crippen LogP contribution in [0, 0.1) is 6.92 Å². The van der Waals surface area contributed by atoms with Crippen molar-refractivity contribution in [3.63, 3.8) is 0 Å². The summed E-state index contributed by atoms with van der Waals surface area (Å²) in [5.41, 5.74) is 4.03. The fourth-order valence-corrected chi connectivity index (χ4v) is 2.70. The van der Waals surface area contributed by atoms with Crippen molar-refractivity contribution in [3.05, 3.63) is 47.3 Å². The summed E-state index contributed by atoms with van der Waals surface area (Å²) in [5, 5.41) is 3.55. The molecule has 0 atom stereocenters. The van der Waals surface area contributed by atoms with Crippen LogP contribution in [0.2, 0.25) is 0 Å². The van der Waals surface area contributed by atoms with Gasteiger partial charge in [-0.3, -0.25) is 0 Å². The number of hydrogen-bond donors (Lipinski definition) is 0. The van der Waals surface area contributed by atoms with E-state index in [2.05, 4.69) is 48.7 Å². The van der Waals surface area contributed by atoms with Gasteiger partial charge in [-0.05, 0) is 35.6 Å². The molecule has 0 unspecified atom stereocenters. The highest BCUT2D eigenvalue weighted by Crippen LogP contribution is 2.36. The van der Waals surface area contributed by atoms with Crippen LogP contribution in [0.25, 0.3) is 21.2 Å². The van der Waals surface area contributed by atoms with Crippen molar-refractivity contribution in [3.8, 4) is 11.1 Å². The van der Waals surface area contributed by atoms with Crippen molar-refractivity contribution in [2.75, 3.05) is 0 Å². The molecule has 2 aliphatic rings. The van der Waals surface area contributed by atoms with Gasteiger partial charge in [-0.1, -0.05) is 29.8 Å². The normalized spacial score (nSPS) is 11.2. The van der Waals surface area contributed by atoms with Crippen LogP contribution in [-0.2, 0) is 0 Å². The Morgan fingerprint density at radius 2 is 1.86 bits per heavy atom. The van der Waals surface area contributed by atoms with E-state index in [-0.39, 0.29) is 0 Å². The summed E-state index contributed by atoms with van der Waals surface area (Å²) >= 11 is 1.81. The summed E-state index contributed by atoms with van der Waals surface area (Å²) in [6.07, 6.45) is 0. The Hall–Kier alpha value is -1.34. The van der Waals surface area contributed by atoms with Crippen molar-refractivity contribution in [1.29, 1.82) is 0 Å². The summed E-state index contributed by atoms with van der Waals surface area (Å²) < 4.78 is 1.39. The van der Waals surface area contributed by atoms with E-state index in [4.69, 9.17) is 0 Å². The van der Waals surface area contributed by atoms with Gasteiger partial charge in [0, 0.05) is 10.1 Å². The Balaban J connectivity index is 2.48. The zero-order valence-electron chi connectivity index (χ0n) is 7.95. The van der Waals surface area contributed by atoms with Crippen LogP contribution in [0.3, 0.4) is 0 Å². The largest absolute Gasteiger partial charge is 0.144 e. The maximum Gasteiger partial charge on any atom is 0.0355 e. The van der Waals surface area contributed by atoms with Gasteiger partial charge in [0.25, 0.3) is 0 Å².